The minimum absolute atomic E-state index is 0.0347. The van der Waals surface area contributed by atoms with E-state index in [-0.39, 0.29) is 35.3 Å². The molecule has 0 aliphatic carbocycles. The minimum atomic E-state index is -4.46. The van der Waals surface area contributed by atoms with Crippen LogP contribution in [-0.4, -0.2) is 29.5 Å². The van der Waals surface area contributed by atoms with E-state index >= 15 is 0 Å². The molecule has 1 heterocycles. The van der Waals surface area contributed by atoms with Crippen molar-refractivity contribution in [3.05, 3.63) is 52.1 Å². The summed E-state index contributed by atoms with van der Waals surface area (Å²) in [5.74, 6) is -0.197. The Morgan fingerprint density at radius 1 is 1.20 bits per heavy atom. The lowest BCUT2D eigenvalue weighted by molar-refractivity contribution is -0.0328. The predicted octanol–water partition coefficient (Wildman–Crippen LogP) is 4.84. The molecule has 0 unspecified atom stereocenters. The third kappa shape index (κ3) is 6.30. The molecule has 0 bridgehead atoms. The van der Waals surface area contributed by atoms with Gasteiger partial charge in [0.1, 0.15) is 5.82 Å². The Hall–Kier alpha value is -1.64. The zero-order valence-corrected chi connectivity index (χ0v) is 14.9. The number of carbonyl (C=O) groups excluding carboxylic acids is 1. The highest BCUT2D eigenvalue weighted by Gasteiger charge is 2.31. The van der Waals surface area contributed by atoms with Crippen LogP contribution >= 0.6 is 35.0 Å². The molecular weight excluding hydrogens is 398 g/mol. The van der Waals surface area contributed by atoms with Crippen molar-refractivity contribution in [2.45, 2.75) is 10.4 Å². The zero-order valence-electron chi connectivity index (χ0n) is 12.5. The Balaban J connectivity index is 1.90. The van der Waals surface area contributed by atoms with E-state index in [9.17, 15) is 18.0 Å². The summed E-state index contributed by atoms with van der Waals surface area (Å²) >= 11 is 11.4. The SMILES string of the molecule is O=C(NCCNc1ncc(Cl)cc1Cl)c1ccccc1SC(F)(F)F. The molecule has 2 rings (SSSR count). The van der Waals surface area contributed by atoms with Crippen LogP contribution in [0.4, 0.5) is 19.0 Å². The Kier molecular flexibility index (Phi) is 6.80. The van der Waals surface area contributed by atoms with Crippen molar-refractivity contribution in [1.29, 1.82) is 0 Å². The number of thioether (sulfide) groups is 1. The zero-order chi connectivity index (χ0) is 18.4. The van der Waals surface area contributed by atoms with Crippen LogP contribution in [0.25, 0.3) is 0 Å². The normalized spacial score (nSPS) is 11.2. The quantitative estimate of drug-likeness (QED) is 0.529. The molecular formula is C15H12Cl2F3N3OS. The molecule has 2 N–H and O–H groups in total. The number of aromatic nitrogens is 1. The van der Waals surface area contributed by atoms with Crippen molar-refractivity contribution in [2.24, 2.45) is 0 Å². The monoisotopic (exact) mass is 409 g/mol. The highest BCUT2D eigenvalue weighted by Crippen LogP contribution is 2.38. The second-order valence-electron chi connectivity index (χ2n) is 4.71. The van der Waals surface area contributed by atoms with E-state index in [1.807, 2.05) is 0 Å². The number of carbonyl (C=O) groups is 1. The maximum absolute atomic E-state index is 12.5. The van der Waals surface area contributed by atoms with Crippen LogP contribution in [0.1, 0.15) is 10.4 Å². The number of pyridine rings is 1. The van der Waals surface area contributed by atoms with Gasteiger partial charge in [-0.3, -0.25) is 4.79 Å². The second kappa shape index (κ2) is 8.64. The van der Waals surface area contributed by atoms with Crippen molar-refractivity contribution < 1.29 is 18.0 Å². The number of hydrogen-bond donors (Lipinski definition) is 2. The van der Waals surface area contributed by atoms with Gasteiger partial charge in [0, 0.05) is 24.2 Å². The largest absolute Gasteiger partial charge is 0.446 e. The fourth-order valence-electron chi connectivity index (χ4n) is 1.86. The lowest BCUT2D eigenvalue weighted by atomic mass is 10.2. The maximum Gasteiger partial charge on any atom is 0.446 e. The fourth-order valence-corrected chi connectivity index (χ4v) is 2.98. The standard InChI is InChI=1S/C15H12Cl2F3N3OS/c16-9-7-11(17)13(23-8-9)21-5-6-22-14(24)10-3-1-2-4-12(10)25-15(18,19)20/h1-4,7-8H,5-6H2,(H,21,23)(H,22,24). The molecule has 0 aliphatic rings. The molecule has 0 atom stereocenters. The van der Waals surface area contributed by atoms with Crippen LogP contribution in [0.2, 0.25) is 10.0 Å². The minimum Gasteiger partial charge on any atom is -0.367 e. The molecule has 0 aliphatic heterocycles. The molecule has 0 spiro atoms. The molecule has 0 radical (unpaired) electrons. The summed E-state index contributed by atoms with van der Waals surface area (Å²) in [4.78, 5) is 15.9. The third-order valence-electron chi connectivity index (χ3n) is 2.87. The lowest BCUT2D eigenvalue weighted by Gasteiger charge is -2.12. The first-order valence-corrected chi connectivity index (χ1v) is 8.51. The summed E-state index contributed by atoms with van der Waals surface area (Å²) in [6.45, 7) is 0.458. The van der Waals surface area contributed by atoms with Gasteiger partial charge in [-0.05, 0) is 30.0 Å². The summed E-state index contributed by atoms with van der Waals surface area (Å²) in [5.41, 5.74) is -4.50. The van der Waals surface area contributed by atoms with Crippen molar-refractivity contribution in [1.82, 2.24) is 10.3 Å². The molecule has 0 saturated heterocycles. The first-order valence-electron chi connectivity index (χ1n) is 6.94. The van der Waals surface area contributed by atoms with E-state index in [2.05, 4.69) is 15.6 Å². The molecule has 0 saturated carbocycles. The average molecular weight is 410 g/mol. The summed E-state index contributed by atoms with van der Waals surface area (Å²) in [6, 6.07) is 7.06. The number of benzene rings is 1. The Labute approximate surface area is 156 Å². The Bertz CT molecular complexity index is 759. The van der Waals surface area contributed by atoms with E-state index in [0.717, 1.165) is 0 Å². The smallest absolute Gasteiger partial charge is 0.367 e. The number of alkyl halides is 3. The summed E-state index contributed by atoms with van der Waals surface area (Å²) in [6.07, 6.45) is 1.42. The number of nitrogens with zero attached hydrogens (tertiary/aromatic N) is 1. The van der Waals surface area contributed by atoms with Crippen LogP contribution < -0.4 is 10.6 Å². The van der Waals surface area contributed by atoms with E-state index in [1.165, 1.54) is 36.5 Å². The van der Waals surface area contributed by atoms with Crippen molar-refractivity contribution in [2.75, 3.05) is 18.4 Å². The van der Waals surface area contributed by atoms with Crippen LogP contribution in [-0.2, 0) is 0 Å². The van der Waals surface area contributed by atoms with Crippen LogP contribution in [0, 0.1) is 0 Å². The highest BCUT2D eigenvalue weighted by molar-refractivity contribution is 8.00. The molecule has 10 heteroatoms. The van der Waals surface area contributed by atoms with Crippen LogP contribution in [0.3, 0.4) is 0 Å². The summed E-state index contributed by atoms with van der Waals surface area (Å²) in [7, 11) is 0. The molecule has 0 fully saturated rings. The van der Waals surface area contributed by atoms with Gasteiger partial charge in [-0.15, -0.1) is 0 Å². The molecule has 25 heavy (non-hydrogen) atoms. The number of anilines is 1. The van der Waals surface area contributed by atoms with Gasteiger partial charge in [-0.2, -0.15) is 13.2 Å². The molecule has 134 valence electrons. The van der Waals surface area contributed by atoms with Crippen molar-refractivity contribution in [3.8, 4) is 0 Å². The fraction of sp³-hybridized carbons (Fsp3) is 0.200. The number of halogens is 5. The van der Waals surface area contributed by atoms with Gasteiger partial charge >= 0.3 is 5.51 Å². The van der Waals surface area contributed by atoms with Gasteiger partial charge in [0.2, 0.25) is 0 Å². The number of rotatable bonds is 6. The Morgan fingerprint density at radius 3 is 2.60 bits per heavy atom. The molecule has 2 aromatic rings. The van der Waals surface area contributed by atoms with Gasteiger partial charge < -0.3 is 10.6 Å². The number of amides is 1. The summed E-state index contributed by atoms with van der Waals surface area (Å²) < 4.78 is 37.6. The lowest BCUT2D eigenvalue weighted by Crippen LogP contribution is -2.29. The average Bonchev–Trinajstić information content (AvgIpc) is 2.52. The van der Waals surface area contributed by atoms with Gasteiger partial charge in [0.05, 0.1) is 15.6 Å². The summed E-state index contributed by atoms with van der Waals surface area (Å²) in [5, 5.41) is 6.16. The maximum atomic E-state index is 12.5. The Morgan fingerprint density at radius 2 is 1.92 bits per heavy atom. The first-order chi connectivity index (χ1) is 11.8. The van der Waals surface area contributed by atoms with Gasteiger partial charge in [-0.25, -0.2) is 4.98 Å². The van der Waals surface area contributed by atoms with Gasteiger partial charge in [0.15, 0.2) is 0 Å². The van der Waals surface area contributed by atoms with Crippen molar-refractivity contribution in [3.63, 3.8) is 0 Å². The number of nitrogens with one attached hydrogen (secondary N) is 2. The first kappa shape index (κ1) is 19.7. The van der Waals surface area contributed by atoms with Gasteiger partial charge in [0.25, 0.3) is 5.91 Å². The highest BCUT2D eigenvalue weighted by atomic mass is 35.5. The molecule has 1 aromatic carbocycles. The topological polar surface area (TPSA) is 54.0 Å². The van der Waals surface area contributed by atoms with Crippen LogP contribution in [0.5, 0.6) is 0 Å². The van der Waals surface area contributed by atoms with E-state index < -0.39 is 11.4 Å². The molecule has 1 aromatic heterocycles. The van der Waals surface area contributed by atoms with E-state index in [0.29, 0.717) is 15.9 Å². The molecule has 1 amide bonds. The van der Waals surface area contributed by atoms with Crippen molar-refractivity contribution >= 4 is 46.7 Å². The molecule has 4 nitrogen and oxygen atoms in total. The van der Waals surface area contributed by atoms with Gasteiger partial charge in [-0.1, -0.05) is 35.3 Å². The number of hydrogen-bond acceptors (Lipinski definition) is 4. The third-order valence-corrected chi connectivity index (χ3v) is 4.17. The van der Waals surface area contributed by atoms with E-state index in [4.69, 9.17) is 23.2 Å². The second-order valence-corrected chi connectivity index (χ2v) is 6.66. The predicted molar refractivity (Wildman–Crippen MR) is 93.4 cm³/mol. The van der Waals surface area contributed by atoms with Crippen LogP contribution in [0.15, 0.2) is 41.4 Å². The van der Waals surface area contributed by atoms with E-state index in [1.54, 1.807) is 0 Å².